The highest BCUT2D eigenvalue weighted by molar-refractivity contribution is 6.61. The summed E-state index contributed by atoms with van der Waals surface area (Å²) in [6.45, 7) is 12.6. The van der Waals surface area contributed by atoms with Gasteiger partial charge >= 0.3 is 9.28 Å². The summed E-state index contributed by atoms with van der Waals surface area (Å²) >= 11 is 0. The second-order valence-corrected chi connectivity index (χ2v) is 7.26. The average molecular weight is 308 g/mol. The van der Waals surface area contributed by atoms with Crippen LogP contribution in [-0.2, 0) is 15.3 Å². The minimum absolute atomic E-state index is 0.810. The highest BCUT2D eigenvalue weighted by Crippen LogP contribution is 2.13. The smallest absolute Gasteiger partial charge is 0.390 e. The van der Waals surface area contributed by atoms with Crippen LogP contribution in [0.3, 0.4) is 0 Å². The lowest BCUT2D eigenvalue weighted by molar-refractivity contribution is 0.202. The fourth-order valence-corrected chi connectivity index (χ4v) is 4.06. The minimum atomic E-state index is -1.34. The maximum absolute atomic E-state index is 6.10. The fraction of sp³-hybridized carbons (Fsp3) is 0.667. The molecule has 0 aliphatic rings. The van der Waals surface area contributed by atoms with Gasteiger partial charge < -0.3 is 8.85 Å². The zero-order valence-electron chi connectivity index (χ0n) is 14.4. The molecular formula is C18H31O2Si. The Hall–Kier alpha value is -0.643. The van der Waals surface area contributed by atoms with Crippen LogP contribution < -0.4 is 5.19 Å². The number of unbranched alkanes of at least 4 members (excludes halogenated alkanes) is 2. The van der Waals surface area contributed by atoms with Crippen molar-refractivity contribution in [1.82, 2.24) is 0 Å². The van der Waals surface area contributed by atoms with E-state index < -0.39 is 9.28 Å². The van der Waals surface area contributed by atoms with Crippen molar-refractivity contribution in [2.24, 2.45) is 0 Å². The number of rotatable bonds is 10. The van der Waals surface area contributed by atoms with Crippen molar-refractivity contribution in [3.8, 4) is 0 Å². The summed E-state index contributed by atoms with van der Waals surface area (Å²) in [7, 11) is -1.34. The average Bonchev–Trinajstić information content (AvgIpc) is 2.49. The predicted octanol–water partition coefficient (Wildman–Crippen LogP) is 4.19. The van der Waals surface area contributed by atoms with Gasteiger partial charge in [-0.15, -0.1) is 0 Å². The molecule has 0 saturated carbocycles. The van der Waals surface area contributed by atoms with Crippen LogP contribution in [0.25, 0.3) is 0 Å². The Balaban J connectivity index is 2.87. The van der Waals surface area contributed by atoms with E-state index in [0.717, 1.165) is 45.3 Å². The van der Waals surface area contributed by atoms with Crippen LogP contribution in [0.15, 0.2) is 12.1 Å². The van der Waals surface area contributed by atoms with Gasteiger partial charge in [0.25, 0.3) is 0 Å². The van der Waals surface area contributed by atoms with Gasteiger partial charge in [-0.25, -0.2) is 0 Å². The van der Waals surface area contributed by atoms with Crippen LogP contribution in [0.1, 0.15) is 63.1 Å². The van der Waals surface area contributed by atoms with Crippen LogP contribution >= 0.6 is 0 Å². The van der Waals surface area contributed by atoms with Gasteiger partial charge in [-0.2, -0.15) is 0 Å². The molecule has 0 amide bonds. The molecule has 0 bridgehead atoms. The van der Waals surface area contributed by atoms with Crippen molar-refractivity contribution >= 4 is 14.5 Å². The third-order valence-corrected chi connectivity index (χ3v) is 5.88. The lowest BCUT2D eigenvalue weighted by Crippen LogP contribution is -2.39. The van der Waals surface area contributed by atoms with E-state index in [1.807, 2.05) is 0 Å². The maximum atomic E-state index is 6.10. The summed E-state index contributed by atoms with van der Waals surface area (Å²) < 4.78 is 12.2. The van der Waals surface area contributed by atoms with Crippen molar-refractivity contribution in [1.29, 1.82) is 0 Å². The van der Waals surface area contributed by atoms with Crippen molar-refractivity contribution in [3.05, 3.63) is 28.8 Å². The Labute approximate surface area is 132 Å². The van der Waals surface area contributed by atoms with Gasteiger partial charge in [0.15, 0.2) is 0 Å². The Morgan fingerprint density at radius 1 is 0.857 bits per heavy atom. The van der Waals surface area contributed by atoms with Crippen molar-refractivity contribution in [2.45, 2.75) is 66.7 Å². The monoisotopic (exact) mass is 307 g/mol. The topological polar surface area (TPSA) is 18.5 Å². The van der Waals surface area contributed by atoms with Gasteiger partial charge in [0, 0.05) is 13.2 Å². The Morgan fingerprint density at radius 3 is 1.90 bits per heavy atom. The van der Waals surface area contributed by atoms with Crippen LogP contribution in [0.2, 0.25) is 0 Å². The molecule has 1 aromatic carbocycles. The molecule has 0 aromatic heterocycles. The first-order valence-corrected chi connectivity index (χ1v) is 9.69. The minimum Gasteiger partial charge on any atom is -0.390 e. The molecule has 0 fully saturated rings. The van der Waals surface area contributed by atoms with Crippen molar-refractivity contribution < 1.29 is 8.85 Å². The maximum Gasteiger partial charge on any atom is 0.423 e. The molecule has 119 valence electrons. The molecule has 0 atom stereocenters. The standard InChI is InChI=1S/C18H31O2Si/c1-6-9-13-19-21(20-14-10-7-2)18-12-11-17(8-3)15(4)16(18)5/h11-12H,6-10,13-14H2,1-5H3. The quantitative estimate of drug-likeness (QED) is 0.476. The third-order valence-electron chi connectivity index (χ3n) is 3.96. The Morgan fingerprint density at radius 2 is 1.43 bits per heavy atom. The van der Waals surface area contributed by atoms with Crippen LogP contribution in [-0.4, -0.2) is 22.5 Å². The molecule has 1 rings (SSSR count). The molecule has 0 aliphatic carbocycles. The molecule has 1 radical (unpaired) electrons. The summed E-state index contributed by atoms with van der Waals surface area (Å²) in [4.78, 5) is 0. The normalized spacial score (nSPS) is 11.3. The van der Waals surface area contributed by atoms with E-state index >= 15 is 0 Å². The third kappa shape index (κ3) is 5.57. The van der Waals surface area contributed by atoms with E-state index in [0.29, 0.717) is 0 Å². The van der Waals surface area contributed by atoms with E-state index in [9.17, 15) is 0 Å². The lowest BCUT2D eigenvalue weighted by Gasteiger charge is -2.19. The molecule has 0 spiro atoms. The van der Waals surface area contributed by atoms with Crippen LogP contribution in [0, 0.1) is 13.8 Å². The lowest BCUT2D eigenvalue weighted by atomic mass is 10.0. The fourth-order valence-electron chi connectivity index (χ4n) is 2.30. The summed E-state index contributed by atoms with van der Waals surface area (Å²) in [6, 6.07) is 4.47. The molecular weight excluding hydrogens is 276 g/mol. The Bertz CT molecular complexity index is 408. The summed E-state index contributed by atoms with van der Waals surface area (Å²) in [6.07, 6.45) is 5.63. The first-order valence-electron chi connectivity index (χ1n) is 8.37. The van der Waals surface area contributed by atoms with Gasteiger partial charge in [0.1, 0.15) is 0 Å². The molecule has 2 nitrogen and oxygen atoms in total. The largest absolute Gasteiger partial charge is 0.423 e. The summed E-state index contributed by atoms with van der Waals surface area (Å²) in [5.74, 6) is 0. The number of hydrogen-bond acceptors (Lipinski definition) is 2. The van der Waals surface area contributed by atoms with Gasteiger partial charge in [-0.05, 0) is 55.0 Å². The van der Waals surface area contributed by atoms with Gasteiger partial charge in [-0.1, -0.05) is 45.7 Å². The molecule has 0 unspecified atom stereocenters. The molecule has 0 saturated heterocycles. The van der Waals surface area contributed by atoms with Crippen LogP contribution in [0.4, 0.5) is 0 Å². The van der Waals surface area contributed by atoms with Gasteiger partial charge in [0.2, 0.25) is 0 Å². The molecule has 0 heterocycles. The highest BCUT2D eigenvalue weighted by Gasteiger charge is 2.22. The highest BCUT2D eigenvalue weighted by atomic mass is 28.3. The molecule has 1 aromatic rings. The van der Waals surface area contributed by atoms with Crippen molar-refractivity contribution in [3.63, 3.8) is 0 Å². The zero-order chi connectivity index (χ0) is 15.7. The number of hydrogen-bond donors (Lipinski definition) is 0. The Kier molecular flexibility index (Phi) is 8.89. The van der Waals surface area contributed by atoms with E-state index in [1.54, 1.807) is 0 Å². The van der Waals surface area contributed by atoms with E-state index in [2.05, 4.69) is 46.8 Å². The zero-order valence-corrected chi connectivity index (χ0v) is 15.4. The van der Waals surface area contributed by atoms with E-state index in [4.69, 9.17) is 8.85 Å². The number of benzene rings is 1. The predicted molar refractivity (Wildman–Crippen MR) is 92.4 cm³/mol. The second kappa shape index (κ2) is 10.1. The van der Waals surface area contributed by atoms with E-state index in [-0.39, 0.29) is 0 Å². The summed E-state index contributed by atoms with van der Waals surface area (Å²) in [5.41, 5.74) is 4.19. The first kappa shape index (κ1) is 18.4. The molecule has 3 heteroatoms. The van der Waals surface area contributed by atoms with Gasteiger partial charge in [0.05, 0.1) is 0 Å². The molecule has 0 aliphatic heterocycles. The molecule has 0 N–H and O–H groups in total. The van der Waals surface area contributed by atoms with E-state index in [1.165, 1.54) is 21.9 Å². The SMILES string of the molecule is CCCCO[Si](OCCCC)c1ccc(CC)c(C)c1C. The van der Waals surface area contributed by atoms with Gasteiger partial charge in [-0.3, -0.25) is 0 Å². The number of aryl methyl sites for hydroxylation is 1. The first-order chi connectivity index (χ1) is 10.2. The molecule has 21 heavy (non-hydrogen) atoms. The van der Waals surface area contributed by atoms with Crippen LogP contribution in [0.5, 0.6) is 0 Å². The second-order valence-electron chi connectivity index (χ2n) is 5.57. The van der Waals surface area contributed by atoms with Crippen molar-refractivity contribution in [2.75, 3.05) is 13.2 Å². The summed E-state index contributed by atoms with van der Waals surface area (Å²) in [5, 5.41) is 1.29.